The van der Waals surface area contributed by atoms with E-state index in [4.69, 9.17) is 0 Å². The van der Waals surface area contributed by atoms with Gasteiger partial charge in [-0.2, -0.15) is 0 Å². The molecule has 2 heterocycles. The zero-order valence-electron chi connectivity index (χ0n) is 11.9. The molecule has 5 nitrogen and oxygen atoms in total. The Bertz CT molecular complexity index is 424. The molecule has 0 N–H and O–H groups in total. The first kappa shape index (κ1) is 14.4. The first-order valence-corrected chi connectivity index (χ1v) is 7.46. The number of piperazine rings is 1. The molecule has 2 rings (SSSR count). The third-order valence-electron chi connectivity index (χ3n) is 3.43. The molecule has 0 aliphatic carbocycles. The van der Waals surface area contributed by atoms with Crippen molar-refractivity contribution < 1.29 is 4.79 Å². The number of carbonyl (C=O) groups excluding carboxylic acids is 1. The van der Waals surface area contributed by atoms with Crippen molar-refractivity contribution in [3.05, 3.63) is 10.6 Å². The Kier molecular flexibility index (Phi) is 4.90. The van der Waals surface area contributed by atoms with Crippen molar-refractivity contribution >= 4 is 22.8 Å². The van der Waals surface area contributed by atoms with Crippen molar-refractivity contribution in [3.63, 3.8) is 0 Å². The number of nitrogens with zero attached hydrogens (tertiary/aromatic N) is 4. The van der Waals surface area contributed by atoms with E-state index in [1.807, 2.05) is 6.92 Å². The number of aromatic nitrogens is 1. The summed E-state index contributed by atoms with van der Waals surface area (Å²) in [4.78, 5) is 23.1. The van der Waals surface area contributed by atoms with Crippen LogP contribution in [0.2, 0.25) is 0 Å². The maximum atomic E-state index is 10.9. The van der Waals surface area contributed by atoms with E-state index < -0.39 is 0 Å². The van der Waals surface area contributed by atoms with Crippen LogP contribution < -0.4 is 4.90 Å². The molecule has 1 saturated heterocycles. The van der Waals surface area contributed by atoms with Gasteiger partial charge in [0.05, 0.1) is 10.6 Å². The molecule has 19 heavy (non-hydrogen) atoms. The first-order chi connectivity index (χ1) is 9.10. The Hall–Kier alpha value is -0.980. The number of aryl methyl sites for hydroxylation is 1. The highest BCUT2D eigenvalue weighted by atomic mass is 32.1. The van der Waals surface area contributed by atoms with Crippen molar-refractivity contribution in [3.8, 4) is 0 Å². The lowest BCUT2D eigenvalue weighted by Gasteiger charge is -2.35. The molecule has 0 aromatic carbocycles. The molecular weight excluding hydrogens is 260 g/mol. The quantitative estimate of drug-likeness (QED) is 0.752. The molecule has 1 aromatic rings. The van der Waals surface area contributed by atoms with E-state index in [9.17, 15) is 4.79 Å². The van der Waals surface area contributed by atoms with Gasteiger partial charge in [-0.25, -0.2) is 4.98 Å². The molecule has 0 saturated carbocycles. The number of thiazole rings is 1. The van der Waals surface area contributed by atoms with Gasteiger partial charge in [0.15, 0.2) is 11.4 Å². The van der Waals surface area contributed by atoms with Crippen LogP contribution in [0.4, 0.5) is 5.13 Å². The molecule has 0 atom stereocenters. The average Bonchev–Trinajstić information content (AvgIpc) is 2.78. The van der Waals surface area contributed by atoms with Gasteiger partial charge < -0.3 is 9.80 Å². The lowest BCUT2D eigenvalue weighted by Crippen LogP contribution is -2.48. The molecule has 0 radical (unpaired) electrons. The summed E-state index contributed by atoms with van der Waals surface area (Å²) in [7, 11) is 4.21. The maximum Gasteiger partial charge on any atom is 0.186 e. The molecule has 1 aromatic heterocycles. The largest absolute Gasteiger partial charge is 0.346 e. The first-order valence-electron chi connectivity index (χ1n) is 6.65. The van der Waals surface area contributed by atoms with E-state index in [1.54, 1.807) is 0 Å². The third kappa shape index (κ3) is 3.75. The SMILES string of the molecule is Cc1nc(N2CCN(CCN(C)C)CC2)sc1C=O. The number of carbonyl (C=O) groups is 1. The zero-order chi connectivity index (χ0) is 13.8. The molecular formula is C13H22N4OS. The minimum absolute atomic E-state index is 0.755. The van der Waals surface area contributed by atoms with Crippen LogP contribution in [-0.2, 0) is 0 Å². The Morgan fingerprint density at radius 1 is 1.32 bits per heavy atom. The minimum Gasteiger partial charge on any atom is -0.346 e. The van der Waals surface area contributed by atoms with E-state index in [1.165, 1.54) is 11.3 Å². The van der Waals surface area contributed by atoms with Crippen molar-refractivity contribution in [2.75, 3.05) is 58.3 Å². The van der Waals surface area contributed by atoms with Crippen LogP contribution in [0.15, 0.2) is 0 Å². The van der Waals surface area contributed by atoms with Gasteiger partial charge in [-0.15, -0.1) is 0 Å². The van der Waals surface area contributed by atoms with E-state index in [0.29, 0.717) is 0 Å². The van der Waals surface area contributed by atoms with Gasteiger partial charge >= 0.3 is 0 Å². The van der Waals surface area contributed by atoms with Gasteiger partial charge in [0.25, 0.3) is 0 Å². The number of hydrogen-bond donors (Lipinski definition) is 0. The Morgan fingerprint density at radius 2 is 2.00 bits per heavy atom. The van der Waals surface area contributed by atoms with Crippen LogP contribution in [-0.4, -0.2) is 74.4 Å². The third-order valence-corrected chi connectivity index (χ3v) is 4.58. The summed E-state index contributed by atoms with van der Waals surface area (Å²) in [6.07, 6.45) is 0.907. The number of likely N-dealkylation sites (N-methyl/N-ethyl adjacent to an activating group) is 1. The minimum atomic E-state index is 0.755. The van der Waals surface area contributed by atoms with E-state index >= 15 is 0 Å². The average molecular weight is 282 g/mol. The number of anilines is 1. The number of hydrogen-bond acceptors (Lipinski definition) is 6. The number of rotatable bonds is 5. The Balaban J connectivity index is 1.87. The molecule has 0 amide bonds. The summed E-state index contributed by atoms with van der Waals surface area (Å²) in [6.45, 7) is 8.27. The van der Waals surface area contributed by atoms with Crippen LogP contribution in [0.25, 0.3) is 0 Å². The van der Waals surface area contributed by atoms with Crippen molar-refractivity contribution in [2.24, 2.45) is 0 Å². The lowest BCUT2D eigenvalue weighted by molar-refractivity contribution is 0.112. The van der Waals surface area contributed by atoms with Crippen LogP contribution >= 0.6 is 11.3 Å². The van der Waals surface area contributed by atoms with Gasteiger partial charge in [-0.3, -0.25) is 9.69 Å². The molecule has 1 fully saturated rings. The zero-order valence-corrected chi connectivity index (χ0v) is 12.7. The summed E-state index contributed by atoms with van der Waals surface area (Å²) < 4.78 is 0. The number of aldehydes is 1. The van der Waals surface area contributed by atoms with Gasteiger partial charge in [0, 0.05) is 39.3 Å². The molecule has 0 spiro atoms. The molecule has 6 heteroatoms. The van der Waals surface area contributed by atoms with Crippen LogP contribution in [0, 0.1) is 6.92 Å². The highest BCUT2D eigenvalue weighted by molar-refractivity contribution is 7.17. The molecule has 106 valence electrons. The van der Waals surface area contributed by atoms with Gasteiger partial charge in [-0.05, 0) is 21.0 Å². The summed E-state index contributed by atoms with van der Waals surface area (Å²) in [5.41, 5.74) is 0.852. The standard InChI is InChI=1S/C13H22N4OS/c1-11-12(10-18)19-13(14-11)17-8-6-16(7-9-17)5-4-15(2)3/h10H,4-9H2,1-3H3. The second kappa shape index (κ2) is 6.45. The second-order valence-electron chi connectivity index (χ2n) is 5.20. The van der Waals surface area contributed by atoms with Crippen molar-refractivity contribution in [2.45, 2.75) is 6.92 Å². The second-order valence-corrected chi connectivity index (χ2v) is 6.21. The highest BCUT2D eigenvalue weighted by Crippen LogP contribution is 2.25. The fourth-order valence-electron chi connectivity index (χ4n) is 2.14. The lowest BCUT2D eigenvalue weighted by atomic mass is 10.3. The molecule has 1 aliphatic heterocycles. The summed E-state index contributed by atoms with van der Waals surface area (Å²) >= 11 is 1.51. The van der Waals surface area contributed by atoms with Gasteiger partial charge in [-0.1, -0.05) is 11.3 Å². The smallest absolute Gasteiger partial charge is 0.186 e. The van der Waals surface area contributed by atoms with Crippen molar-refractivity contribution in [1.29, 1.82) is 0 Å². The van der Waals surface area contributed by atoms with E-state index in [-0.39, 0.29) is 0 Å². The maximum absolute atomic E-state index is 10.9. The fraction of sp³-hybridized carbons (Fsp3) is 0.692. The van der Waals surface area contributed by atoms with Gasteiger partial charge in [0.2, 0.25) is 0 Å². The summed E-state index contributed by atoms with van der Waals surface area (Å²) in [5.74, 6) is 0. The van der Waals surface area contributed by atoms with Crippen molar-refractivity contribution in [1.82, 2.24) is 14.8 Å². The van der Waals surface area contributed by atoms with Gasteiger partial charge in [0.1, 0.15) is 0 Å². The fourth-order valence-corrected chi connectivity index (χ4v) is 3.07. The van der Waals surface area contributed by atoms with E-state index in [0.717, 1.165) is 61.3 Å². The van der Waals surface area contributed by atoms with Crippen LogP contribution in [0.1, 0.15) is 15.4 Å². The monoisotopic (exact) mass is 282 g/mol. The summed E-state index contributed by atoms with van der Waals surface area (Å²) in [5, 5.41) is 0.992. The van der Waals surface area contributed by atoms with Crippen LogP contribution in [0.3, 0.4) is 0 Å². The Morgan fingerprint density at radius 3 is 2.53 bits per heavy atom. The Labute approximate surface area is 118 Å². The van der Waals surface area contributed by atoms with E-state index in [2.05, 4.69) is 33.8 Å². The topological polar surface area (TPSA) is 39.7 Å². The molecule has 1 aliphatic rings. The normalized spacial score (nSPS) is 17.2. The molecule has 0 bridgehead atoms. The summed E-state index contributed by atoms with van der Waals surface area (Å²) in [6, 6.07) is 0. The van der Waals surface area contributed by atoms with Crippen LogP contribution in [0.5, 0.6) is 0 Å². The molecule has 0 unspecified atom stereocenters. The predicted octanol–water partition coefficient (Wildman–Crippen LogP) is 0.948. The highest BCUT2D eigenvalue weighted by Gasteiger charge is 2.20. The predicted molar refractivity (Wildman–Crippen MR) is 79.4 cm³/mol.